The molecule has 0 radical (unpaired) electrons. The number of hydrogen-bond donors (Lipinski definition) is 2. The lowest BCUT2D eigenvalue weighted by molar-refractivity contribution is 0.1000. The van der Waals surface area contributed by atoms with E-state index < -0.39 is 11.7 Å². The molecule has 0 fully saturated rings. The van der Waals surface area contributed by atoms with Gasteiger partial charge < -0.3 is 11.1 Å². The van der Waals surface area contributed by atoms with Crippen molar-refractivity contribution in [2.45, 2.75) is 6.54 Å². The zero-order valence-corrected chi connectivity index (χ0v) is 10.6. The molecule has 0 aromatic heterocycles. The number of primary amides is 1. The summed E-state index contributed by atoms with van der Waals surface area (Å²) in [4.78, 5) is 10.9. The number of anilines is 1. The molecule has 2 aromatic rings. The third kappa shape index (κ3) is 3.12. The van der Waals surface area contributed by atoms with Crippen LogP contribution in [0.3, 0.4) is 0 Å². The van der Waals surface area contributed by atoms with E-state index in [0.29, 0.717) is 11.1 Å². The van der Waals surface area contributed by atoms with Gasteiger partial charge in [0.15, 0.2) is 0 Å². The topological polar surface area (TPSA) is 78.9 Å². The normalized spacial score (nSPS) is 9.80. The second-order valence-corrected chi connectivity index (χ2v) is 4.22. The Morgan fingerprint density at radius 1 is 1.30 bits per heavy atom. The van der Waals surface area contributed by atoms with E-state index in [1.165, 1.54) is 12.1 Å². The molecule has 2 aromatic carbocycles. The van der Waals surface area contributed by atoms with Gasteiger partial charge in [-0.25, -0.2) is 4.39 Å². The summed E-state index contributed by atoms with van der Waals surface area (Å²) in [6.07, 6.45) is 0. The molecule has 0 saturated heterocycles. The average molecular weight is 269 g/mol. The summed E-state index contributed by atoms with van der Waals surface area (Å²) in [7, 11) is 0. The van der Waals surface area contributed by atoms with Crippen molar-refractivity contribution in [1.29, 1.82) is 5.26 Å². The van der Waals surface area contributed by atoms with Crippen LogP contribution in [0.2, 0.25) is 0 Å². The fourth-order valence-electron chi connectivity index (χ4n) is 1.74. The standard InChI is InChI=1S/C15H12FN3O/c16-14-7-11(15(18)20)4-5-12(14)9-19-13-3-1-2-10(6-13)8-17/h1-7,19H,9H2,(H2,18,20). The minimum atomic E-state index is -0.662. The van der Waals surface area contributed by atoms with Crippen molar-refractivity contribution in [1.82, 2.24) is 0 Å². The number of amides is 1. The molecule has 0 aliphatic rings. The molecule has 0 atom stereocenters. The molecule has 5 heteroatoms. The first kappa shape index (κ1) is 13.6. The van der Waals surface area contributed by atoms with E-state index in [9.17, 15) is 9.18 Å². The van der Waals surface area contributed by atoms with Gasteiger partial charge in [0, 0.05) is 23.4 Å². The van der Waals surface area contributed by atoms with Crippen LogP contribution in [0.25, 0.3) is 0 Å². The van der Waals surface area contributed by atoms with Gasteiger partial charge in [-0.1, -0.05) is 12.1 Å². The number of benzene rings is 2. The van der Waals surface area contributed by atoms with Gasteiger partial charge in [0.2, 0.25) is 5.91 Å². The molecule has 0 aliphatic carbocycles. The third-order valence-corrected chi connectivity index (χ3v) is 2.81. The summed E-state index contributed by atoms with van der Waals surface area (Å²) in [5.41, 5.74) is 6.88. The van der Waals surface area contributed by atoms with Crippen LogP contribution in [-0.4, -0.2) is 5.91 Å². The van der Waals surface area contributed by atoms with Crippen molar-refractivity contribution < 1.29 is 9.18 Å². The Morgan fingerprint density at radius 2 is 2.10 bits per heavy atom. The van der Waals surface area contributed by atoms with Crippen molar-refractivity contribution in [3.05, 3.63) is 65.0 Å². The van der Waals surface area contributed by atoms with E-state index in [0.717, 1.165) is 11.8 Å². The SMILES string of the molecule is N#Cc1cccc(NCc2ccc(C(N)=O)cc2F)c1. The average Bonchev–Trinajstić information content (AvgIpc) is 2.46. The number of nitrogens with two attached hydrogens (primary N) is 1. The summed E-state index contributed by atoms with van der Waals surface area (Å²) in [5, 5.41) is 11.8. The summed E-state index contributed by atoms with van der Waals surface area (Å²) in [6.45, 7) is 0.250. The fourth-order valence-corrected chi connectivity index (χ4v) is 1.74. The van der Waals surface area contributed by atoms with Gasteiger partial charge in [0.1, 0.15) is 5.82 Å². The lowest BCUT2D eigenvalue weighted by atomic mass is 10.1. The van der Waals surface area contributed by atoms with Crippen LogP contribution in [0.1, 0.15) is 21.5 Å². The Kier molecular flexibility index (Phi) is 3.96. The maximum absolute atomic E-state index is 13.8. The lowest BCUT2D eigenvalue weighted by Gasteiger charge is -2.08. The lowest BCUT2D eigenvalue weighted by Crippen LogP contribution is -2.12. The number of hydrogen-bond acceptors (Lipinski definition) is 3. The minimum absolute atomic E-state index is 0.137. The van der Waals surface area contributed by atoms with Gasteiger partial charge in [0.25, 0.3) is 0 Å². The van der Waals surface area contributed by atoms with E-state index in [-0.39, 0.29) is 12.1 Å². The number of carbonyl (C=O) groups is 1. The molecule has 0 heterocycles. The van der Waals surface area contributed by atoms with E-state index in [1.54, 1.807) is 24.3 Å². The summed E-state index contributed by atoms with van der Waals surface area (Å²) >= 11 is 0. The van der Waals surface area contributed by atoms with Crippen molar-refractivity contribution in [2.75, 3.05) is 5.32 Å². The largest absolute Gasteiger partial charge is 0.381 e. The molecule has 3 N–H and O–H groups in total. The molecule has 2 rings (SSSR count). The highest BCUT2D eigenvalue weighted by molar-refractivity contribution is 5.92. The molecular formula is C15H12FN3O. The second kappa shape index (κ2) is 5.85. The van der Waals surface area contributed by atoms with Crippen LogP contribution >= 0.6 is 0 Å². The molecule has 1 amide bonds. The van der Waals surface area contributed by atoms with E-state index in [2.05, 4.69) is 5.32 Å². The Morgan fingerprint density at radius 3 is 2.75 bits per heavy atom. The second-order valence-electron chi connectivity index (χ2n) is 4.22. The Labute approximate surface area is 115 Å². The van der Waals surface area contributed by atoms with Gasteiger partial charge in [-0.3, -0.25) is 4.79 Å². The van der Waals surface area contributed by atoms with Crippen LogP contribution in [0, 0.1) is 17.1 Å². The number of halogens is 1. The van der Waals surface area contributed by atoms with Gasteiger partial charge in [0.05, 0.1) is 11.6 Å². The highest BCUT2D eigenvalue weighted by atomic mass is 19.1. The van der Waals surface area contributed by atoms with E-state index in [4.69, 9.17) is 11.0 Å². The van der Waals surface area contributed by atoms with Crippen molar-refractivity contribution in [3.8, 4) is 6.07 Å². The number of nitriles is 1. The summed E-state index contributed by atoms with van der Waals surface area (Å²) in [5.74, 6) is -1.16. The van der Waals surface area contributed by atoms with Crippen LogP contribution < -0.4 is 11.1 Å². The molecule has 0 unspecified atom stereocenters. The predicted molar refractivity (Wildman–Crippen MR) is 73.4 cm³/mol. The third-order valence-electron chi connectivity index (χ3n) is 2.81. The molecule has 0 bridgehead atoms. The monoisotopic (exact) mass is 269 g/mol. The van der Waals surface area contributed by atoms with Gasteiger partial charge >= 0.3 is 0 Å². The Hall–Kier alpha value is -2.87. The van der Waals surface area contributed by atoms with Gasteiger partial charge in [-0.05, 0) is 30.3 Å². The van der Waals surface area contributed by atoms with Crippen LogP contribution in [0.15, 0.2) is 42.5 Å². The first-order valence-corrected chi connectivity index (χ1v) is 5.92. The van der Waals surface area contributed by atoms with Gasteiger partial charge in [-0.2, -0.15) is 5.26 Å². The van der Waals surface area contributed by atoms with Crippen LogP contribution in [0.5, 0.6) is 0 Å². The molecule has 0 saturated carbocycles. The molecule has 4 nitrogen and oxygen atoms in total. The first-order valence-electron chi connectivity index (χ1n) is 5.92. The predicted octanol–water partition coefficient (Wildman–Crippen LogP) is 2.41. The summed E-state index contributed by atoms with van der Waals surface area (Å²) in [6, 6.07) is 13.0. The smallest absolute Gasteiger partial charge is 0.248 e. The zero-order valence-electron chi connectivity index (χ0n) is 10.6. The number of rotatable bonds is 4. The molecule has 20 heavy (non-hydrogen) atoms. The van der Waals surface area contributed by atoms with Crippen molar-refractivity contribution in [2.24, 2.45) is 5.73 Å². The Bertz CT molecular complexity index is 692. The van der Waals surface area contributed by atoms with Crippen molar-refractivity contribution in [3.63, 3.8) is 0 Å². The minimum Gasteiger partial charge on any atom is -0.381 e. The number of nitrogens with zero attached hydrogens (tertiary/aromatic N) is 1. The highest BCUT2D eigenvalue weighted by Crippen LogP contribution is 2.14. The molecule has 0 spiro atoms. The molecule has 100 valence electrons. The van der Waals surface area contributed by atoms with Crippen molar-refractivity contribution >= 4 is 11.6 Å². The van der Waals surface area contributed by atoms with Gasteiger partial charge in [-0.15, -0.1) is 0 Å². The molecule has 0 aliphatic heterocycles. The number of carbonyl (C=O) groups excluding carboxylic acids is 1. The van der Waals surface area contributed by atoms with E-state index >= 15 is 0 Å². The maximum Gasteiger partial charge on any atom is 0.248 e. The zero-order chi connectivity index (χ0) is 14.5. The van der Waals surface area contributed by atoms with Crippen LogP contribution in [0.4, 0.5) is 10.1 Å². The van der Waals surface area contributed by atoms with E-state index in [1.807, 2.05) is 6.07 Å². The highest BCUT2D eigenvalue weighted by Gasteiger charge is 2.07. The Balaban J connectivity index is 2.11. The quantitative estimate of drug-likeness (QED) is 0.894. The number of nitrogens with one attached hydrogen (secondary N) is 1. The summed E-state index contributed by atoms with van der Waals surface area (Å²) < 4.78 is 13.8. The van der Waals surface area contributed by atoms with Crippen LogP contribution in [-0.2, 0) is 6.54 Å². The first-order chi connectivity index (χ1) is 9.60. The maximum atomic E-state index is 13.8. The molecular weight excluding hydrogens is 257 g/mol. The fraction of sp³-hybridized carbons (Fsp3) is 0.0667.